The standard InChI is InChI=1S/C26H29NO5/c1-25(2,3)18-5-7-21-19(15-18)20(28)16-26(32-21)8-10-27(11-9-26)24(29)17-4-6-22-23(14-17)31-13-12-30-22/h4-7,14-15H,8-13,16H2,1-3H3. The molecule has 0 radical (unpaired) electrons. The lowest BCUT2D eigenvalue weighted by Gasteiger charge is -2.44. The van der Waals surface area contributed by atoms with Crippen LogP contribution in [-0.2, 0) is 5.41 Å². The Morgan fingerprint density at radius 3 is 2.34 bits per heavy atom. The van der Waals surface area contributed by atoms with E-state index in [1.165, 1.54) is 0 Å². The Kier molecular flexibility index (Phi) is 4.91. The fourth-order valence-electron chi connectivity index (χ4n) is 4.72. The van der Waals surface area contributed by atoms with E-state index >= 15 is 0 Å². The first kappa shape index (κ1) is 20.9. The smallest absolute Gasteiger partial charge is 0.253 e. The van der Waals surface area contributed by atoms with E-state index in [2.05, 4.69) is 20.8 Å². The highest BCUT2D eigenvalue weighted by molar-refractivity contribution is 6.00. The molecule has 0 aromatic heterocycles. The number of amides is 1. The zero-order valence-electron chi connectivity index (χ0n) is 18.9. The van der Waals surface area contributed by atoms with Gasteiger partial charge in [0.1, 0.15) is 24.6 Å². The Labute approximate surface area is 188 Å². The van der Waals surface area contributed by atoms with E-state index in [1.54, 1.807) is 18.2 Å². The molecule has 2 aromatic rings. The Morgan fingerprint density at radius 1 is 0.938 bits per heavy atom. The lowest BCUT2D eigenvalue weighted by molar-refractivity contribution is -0.00575. The molecule has 5 rings (SSSR count). The van der Waals surface area contributed by atoms with Crippen LogP contribution < -0.4 is 14.2 Å². The fraction of sp³-hybridized carbons (Fsp3) is 0.462. The zero-order chi connectivity index (χ0) is 22.5. The third-order valence-corrected chi connectivity index (χ3v) is 6.71. The van der Waals surface area contributed by atoms with Crippen LogP contribution in [0.1, 0.15) is 66.3 Å². The number of likely N-dealkylation sites (tertiary alicyclic amines) is 1. The van der Waals surface area contributed by atoms with Gasteiger partial charge in [-0.2, -0.15) is 0 Å². The average molecular weight is 436 g/mol. The average Bonchev–Trinajstić information content (AvgIpc) is 2.78. The van der Waals surface area contributed by atoms with Gasteiger partial charge in [-0.1, -0.05) is 26.8 Å². The Bertz CT molecular complexity index is 1080. The molecule has 0 saturated carbocycles. The normalized spacial score (nSPS) is 19.3. The number of hydrogen-bond donors (Lipinski definition) is 0. The lowest BCUT2D eigenvalue weighted by atomic mass is 9.80. The van der Waals surface area contributed by atoms with E-state index in [0.717, 1.165) is 5.56 Å². The zero-order valence-corrected chi connectivity index (χ0v) is 18.9. The molecule has 6 heteroatoms. The van der Waals surface area contributed by atoms with Crippen LogP contribution in [0.3, 0.4) is 0 Å². The largest absolute Gasteiger partial charge is 0.486 e. The molecule has 3 aliphatic heterocycles. The van der Waals surface area contributed by atoms with Crippen molar-refractivity contribution in [2.75, 3.05) is 26.3 Å². The number of carbonyl (C=O) groups excluding carboxylic acids is 2. The number of Topliss-reactive ketones (excluding diaryl/α,β-unsaturated/α-hetero) is 1. The minimum absolute atomic E-state index is 0.0238. The highest BCUT2D eigenvalue weighted by Gasteiger charge is 2.44. The third kappa shape index (κ3) is 3.72. The van der Waals surface area contributed by atoms with Crippen molar-refractivity contribution in [1.82, 2.24) is 4.90 Å². The summed E-state index contributed by atoms with van der Waals surface area (Å²) < 4.78 is 17.6. The van der Waals surface area contributed by atoms with Crippen LogP contribution in [0.25, 0.3) is 0 Å². The van der Waals surface area contributed by atoms with Crippen molar-refractivity contribution in [3.05, 3.63) is 53.1 Å². The number of piperidine rings is 1. The van der Waals surface area contributed by atoms with E-state index in [1.807, 2.05) is 23.1 Å². The molecule has 6 nitrogen and oxygen atoms in total. The summed E-state index contributed by atoms with van der Waals surface area (Å²) in [4.78, 5) is 27.9. The lowest BCUT2D eigenvalue weighted by Crippen LogP contribution is -2.52. The fourth-order valence-corrected chi connectivity index (χ4v) is 4.72. The van der Waals surface area contributed by atoms with Gasteiger partial charge in [-0.3, -0.25) is 9.59 Å². The van der Waals surface area contributed by atoms with Gasteiger partial charge in [-0.05, 0) is 41.3 Å². The first-order valence-corrected chi connectivity index (χ1v) is 11.3. The van der Waals surface area contributed by atoms with Crippen molar-refractivity contribution < 1.29 is 23.8 Å². The van der Waals surface area contributed by atoms with Crippen molar-refractivity contribution in [3.63, 3.8) is 0 Å². The van der Waals surface area contributed by atoms with Gasteiger partial charge in [0.15, 0.2) is 17.3 Å². The van der Waals surface area contributed by atoms with Crippen LogP contribution in [0, 0.1) is 0 Å². The number of ether oxygens (including phenoxy) is 3. The van der Waals surface area contributed by atoms with Gasteiger partial charge in [0.2, 0.25) is 0 Å². The van der Waals surface area contributed by atoms with Crippen molar-refractivity contribution in [2.24, 2.45) is 0 Å². The molecular formula is C26H29NO5. The first-order valence-electron chi connectivity index (χ1n) is 11.3. The van der Waals surface area contributed by atoms with E-state index in [9.17, 15) is 9.59 Å². The van der Waals surface area contributed by atoms with Crippen molar-refractivity contribution >= 4 is 11.7 Å². The van der Waals surface area contributed by atoms with Crippen LogP contribution in [0.15, 0.2) is 36.4 Å². The number of ketones is 1. The number of rotatable bonds is 1. The number of hydrogen-bond acceptors (Lipinski definition) is 5. The summed E-state index contributed by atoms with van der Waals surface area (Å²) in [5.41, 5.74) is 1.84. The molecule has 2 aromatic carbocycles. The molecule has 0 aliphatic carbocycles. The predicted molar refractivity (Wildman–Crippen MR) is 120 cm³/mol. The molecular weight excluding hydrogens is 406 g/mol. The summed E-state index contributed by atoms with van der Waals surface area (Å²) in [6.07, 6.45) is 1.63. The summed E-state index contributed by atoms with van der Waals surface area (Å²) in [5.74, 6) is 2.05. The van der Waals surface area contributed by atoms with E-state index in [4.69, 9.17) is 14.2 Å². The Morgan fingerprint density at radius 2 is 1.62 bits per heavy atom. The third-order valence-electron chi connectivity index (χ3n) is 6.71. The summed E-state index contributed by atoms with van der Waals surface area (Å²) in [6, 6.07) is 11.3. The predicted octanol–water partition coefficient (Wildman–Crippen LogP) is 4.40. The SMILES string of the molecule is CC(C)(C)c1ccc2c(c1)C(=O)CC1(CCN(C(=O)c3ccc4c(c3)OCCO4)CC1)O2. The topological polar surface area (TPSA) is 65.1 Å². The van der Waals surface area contributed by atoms with Gasteiger partial charge in [-0.15, -0.1) is 0 Å². The minimum atomic E-state index is -0.531. The van der Waals surface area contributed by atoms with Crippen LogP contribution >= 0.6 is 0 Å². The van der Waals surface area contributed by atoms with Crippen LogP contribution in [0.5, 0.6) is 17.2 Å². The molecule has 0 N–H and O–H groups in total. The molecule has 0 bridgehead atoms. The molecule has 3 heterocycles. The highest BCUT2D eigenvalue weighted by atomic mass is 16.6. The molecule has 0 unspecified atom stereocenters. The number of nitrogens with zero attached hydrogens (tertiary/aromatic N) is 1. The van der Waals surface area contributed by atoms with E-state index < -0.39 is 5.60 Å². The van der Waals surface area contributed by atoms with Crippen molar-refractivity contribution in [1.29, 1.82) is 0 Å². The Hall–Kier alpha value is -3.02. The van der Waals surface area contributed by atoms with Gasteiger partial charge in [0.25, 0.3) is 5.91 Å². The van der Waals surface area contributed by atoms with Crippen molar-refractivity contribution in [2.45, 2.75) is 51.0 Å². The summed E-state index contributed by atoms with van der Waals surface area (Å²) >= 11 is 0. The van der Waals surface area contributed by atoms with Gasteiger partial charge in [0, 0.05) is 31.5 Å². The molecule has 32 heavy (non-hydrogen) atoms. The van der Waals surface area contributed by atoms with Crippen LogP contribution in [-0.4, -0.2) is 48.5 Å². The molecule has 168 valence electrons. The monoisotopic (exact) mass is 435 g/mol. The van der Waals surface area contributed by atoms with Gasteiger partial charge in [0.05, 0.1) is 12.0 Å². The van der Waals surface area contributed by atoms with Gasteiger partial charge in [-0.25, -0.2) is 0 Å². The summed E-state index contributed by atoms with van der Waals surface area (Å²) in [6.45, 7) is 8.53. The quantitative estimate of drug-likeness (QED) is 0.665. The maximum atomic E-state index is 13.1. The Balaban J connectivity index is 1.29. The van der Waals surface area contributed by atoms with Gasteiger partial charge >= 0.3 is 0 Å². The summed E-state index contributed by atoms with van der Waals surface area (Å²) in [5, 5.41) is 0. The van der Waals surface area contributed by atoms with Crippen molar-refractivity contribution in [3.8, 4) is 17.2 Å². The van der Waals surface area contributed by atoms with E-state index in [-0.39, 0.29) is 17.1 Å². The van der Waals surface area contributed by atoms with Gasteiger partial charge < -0.3 is 19.1 Å². The van der Waals surface area contributed by atoms with Crippen LogP contribution in [0.4, 0.5) is 0 Å². The minimum Gasteiger partial charge on any atom is -0.486 e. The number of carbonyl (C=O) groups is 2. The molecule has 1 fully saturated rings. The summed E-state index contributed by atoms with van der Waals surface area (Å²) in [7, 11) is 0. The highest BCUT2D eigenvalue weighted by Crippen LogP contribution is 2.41. The maximum Gasteiger partial charge on any atom is 0.253 e. The molecule has 3 aliphatic rings. The second kappa shape index (κ2) is 7.54. The first-order chi connectivity index (χ1) is 15.2. The van der Waals surface area contributed by atoms with E-state index in [0.29, 0.717) is 73.9 Å². The number of benzene rings is 2. The second-order valence-electron chi connectivity index (χ2n) is 10.00. The molecule has 1 spiro atoms. The molecule has 1 saturated heterocycles. The maximum absolute atomic E-state index is 13.1. The second-order valence-corrected chi connectivity index (χ2v) is 10.00. The number of fused-ring (bicyclic) bond motifs is 2. The van der Waals surface area contributed by atoms with Crippen LogP contribution in [0.2, 0.25) is 0 Å². The molecule has 1 amide bonds. The molecule has 0 atom stereocenters.